The average molecular weight is 329 g/mol. The summed E-state index contributed by atoms with van der Waals surface area (Å²) in [4.78, 5) is 0. The van der Waals surface area contributed by atoms with E-state index in [9.17, 15) is 4.39 Å². The van der Waals surface area contributed by atoms with E-state index in [-0.39, 0.29) is 5.82 Å². The molecule has 3 aliphatic rings. The monoisotopic (exact) mass is 328 g/mol. The van der Waals surface area contributed by atoms with Crippen molar-refractivity contribution in [3.05, 3.63) is 35.6 Å². The molecule has 1 aromatic carbocycles. The molecule has 0 saturated heterocycles. The highest BCUT2D eigenvalue weighted by Crippen LogP contribution is 2.50. The zero-order valence-corrected chi connectivity index (χ0v) is 15.2. The number of hydrogen-bond acceptors (Lipinski definition) is 0. The Bertz CT molecular complexity index is 543. The van der Waals surface area contributed by atoms with Crippen LogP contribution in [0.2, 0.25) is 0 Å². The van der Waals surface area contributed by atoms with E-state index in [1.165, 1.54) is 64.2 Å². The topological polar surface area (TPSA) is 0 Å². The van der Waals surface area contributed by atoms with Crippen LogP contribution in [0.1, 0.15) is 82.6 Å². The molecule has 0 spiro atoms. The van der Waals surface area contributed by atoms with Gasteiger partial charge in [0.15, 0.2) is 0 Å². The Morgan fingerprint density at radius 3 is 2.04 bits per heavy atom. The van der Waals surface area contributed by atoms with E-state index >= 15 is 0 Å². The first-order valence-electron chi connectivity index (χ1n) is 10.4. The van der Waals surface area contributed by atoms with Crippen molar-refractivity contribution >= 4 is 0 Å². The second kappa shape index (κ2) is 7.18. The predicted molar refractivity (Wildman–Crippen MR) is 98.4 cm³/mol. The van der Waals surface area contributed by atoms with Crippen molar-refractivity contribution in [3.63, 3.8) is 0 Å². The molecule has 0 heterocycles. The summed E-state index contributed by atoms with van der Waals surface area (Å²) in [7, 11) is 0. The lowest BCUT2D eigenvalue weighted by molar-refractivity contribution is 0.0728. The first kappa shape index (κ1) is 16.6. The number of fused-ring (bicyclic) bond motifs is 1. The van der Waals surface area contributed by atoms with Crippen LogP contribution in [0.5, 0.6) is 0 Å². The normalized spacial score (nSPS) is 40.1. The predicted octanol–water partition coefficient (Wildman–Crippen LogP) is 6.95. The van der Waals surface area contributed by atoms with Crippen molar-refractivity contribution in [2.45, 2.75) is 77.0 Å². The fourth-order valence-electron chi connectivity index (χ4n) is 6.20. The van der Waals surface area contributed by atoms with Gasteiger partial charge in [0.2, 0.25) is 0 Å². The average Bonchev–Trinajstić information content (AvgIpc) is 2.62. The van der Waals surface area contributed by atoms with Crippen LogP contribution in [0.3, 0.4) is 0 Å². The molecule has 132 valence electrons. The number of halogens is 1. The molecule has 0 radical (unpaired) electrons. The molecule has 3 saturated carbocycles. The fourth-order valence-corrected chi connectivity index (χ4v) is 6.20. The summed E-state index contributed by atoms with van der Waals surface area (Å²) in [5, 5.41) is 0. The van der Waals surface area contributed by atoms with Crippen molar-refractivity contribution < 1.29 is 4.39 Å². The van der Waals surface area contributed by atoms with Crippen LogP contribution < -0.4 is 0 Å². The van der Waals surface area contributed by atoms with Crippen molar-refractivity contribution in [2.75, 3.05) is 0 Å². The summed E-state index contributed by atoms with van der Waals surface area (Å²) >= 11 is 0. The van der Waals surface area contributed by atoms with Gasteiger partial charge in [0.1, 0.15) is 5.82 Å². The highest BCUT2D eigenvalue weighted by atomic mass is 19.1. The van der Waals surface area contributed by atoms with E-state index in [4.69, 9.17) is 0 Å². The molecule has 4 unspecified atom stereocenters. The Kier molecular flexibility index (Phi) is 4.97. The molecule has 1 heteroatoms. The molecular weight excluding hydrogens is 295 g/mol. The van der Waals surface area contributed by atoms with Crippen LogP contribution in [0, 0.1) is 35.4 Å². The minimum Gasteiger partial charge on any atom is -0.207 e. The third kappa shape index (κ3) is 3.41. The van der Waals surface area contributed by atoms with Crippen LogP contribution in [0.4, 0.5) is 4.39 Å². The summed E-state index contributed by atoms with van der Waals surface area (Å²) in [5.41, 5.74) is 0.986. The van der Waals surface area contributed by atoms with Crippen LogP contribution >= 0.6 is 0 Å². The first-order chi connectivity index (χ1) is 11.7. The minimum absolute atomic E-state index is 0.0194. The van der Waals surface area contributed by atoms with E-state index in [0.717, 1.165) is 35.2 Å². The van der Waals surface area contributed by atoms with E-state index in [0.29, 0.717) is 5.92 Å². The Morgan fingerprint density at radius 1 is 0.708 bits per heavy atom. The smallest absolute Gasteiger partial charge is 0.126 e. The van der Waals surface area contributed by atoms with E-state index in [1.807, 2.05) is 18.2 Å². The third-order valence-corrected chi connectivity index (χ3v) is 7.73. The number of hydrogen-bond donors (Lipinski definition) is 0. The van der Waals surface area contributed by atoms with Gasteiger partial charge in [-0.1, -0.05) is 38.0 Å². The van der Waals surface area contributed by atoms with Gasteiger partial charge in [-0.2, -0.15) is 0 Å². The van der Waals surface area contributed by atoms with Gasteiger partial charge in [0.25, 0.3) is 0 Å². The van der Waals surface area contributed by atoms with Gasteiger partial charge in [0, 0.05) is 0 Å². The van der Waals surface area contributed by atoms with Crippen molar-refractivity contribution in [1.29, 1.82) is 0 Å². The standard InChI is InChI=1S/C23H33F/c1-16-6-8-17(9-7-16)18-10-11-20-15-21(13-12-19(20)14-18)22-4-2-3-5-23(22)24/h2-5,16-21H,6-15H2,1H3. The van der Waals surface area contributed by atoms with Gasteiger partial charge in [0.05, 0.1) is 0 Å². The third-order valence-electron chi connectivity index (χ3n) is 7.73. The van der Waals surface area contributed by atoms with Crippen molar-refractivity contribution in [2.24, 2.45) is 29.6 Å². The van der Waals surface area contributed by atoms with Crippen molar-refractivity contribution in [3.8, 4) is 0 Å². The maximum Gasteiger partial charge on any atom is 0.126 e. The Hall–Kier alpha value is -0.850. The van der Waals surface area contributed by atoms with Crippen LogP contribution in [-0.2, 0) is 0 Å². The lowest BCUT2D eigenvalue weighted by Crippen LogP contribution is -2.34. The highest BCUT2D eigenvalue weighted by molar-refractivity contribution is 5.22. The van der Waals surface area contributed by atoms with Crippen molar-refractivity contribution in [1.82, 2.24) is 0 Å². The Labute approximate surface area is 147 Å². The van der Waals surface area contributed by atoms with Gasteiger partial charge in [-0.3, -0.25) is 0 Å². The van der Waals surface area contributed by atoms with Gasteiger partial charge < -0.3 is 0 Å². The molecule has 0 amide bonds. The van der Waals surface area contributed by atoms with E-state index in [2.05, 4.69) is 6.92 Å². The molecule has 24 heavy (non-hydrogen) atoms. The Morgan fingerprint density at radius 2 is 1.29 bits per heavy atom. The molecule has 3 aliphatic carbocycles. The Balaban J connectivity index is 1.36. The molecule has 0 aromatic heterocycles. The molecule has 0 aliphatic heterocycles. The van der Waals surface area contributed by atoms with Crippen LogP contribution in [0.25, 0.3) is 0 Å². The van der Waals surface area contributed by atoms with E-state index in [1.54, 1.807) is 6.07 Å². The second-order valence-corrected chi connectivity index (χ2v) is 9.14. The molecule has 0 bridgehead atoms. The number of rotatable bonds is 2. The maximum absolute atomic E-state index is 14.1. The minimum atomic E-state index is 0.0194. The molecule has 1 aromatic rings. The summed E-state index contributed by atoms with van der Waals surface area (Å²) in [5.74, 6) is 5.28. The zero-order valence-electron chi connectivity index (χ0n) is 15.2. The second-order valence-electron chi connectivity index (χ2n) is 9.14. The summed E-state index contributed by atoms with van der Waals surface area (Å²) < 4.78 is 14.1. The molecule has 4 atom stereocenters. The molecule has 3 fully saturated rings. The quantitative estimate of drug-likeness (QED) is 0.551. The van der Waals surface area contributed by atoms with Gasteiger partial charge in [-0.25, -0.2) is 4.39 Å². The first-order valence-corrected chi connectivity index (χ1v) is 10.4. The zero-order chi connectivity index (χ0) is 16.5. The SMILES string of the molecule is CC1CCC(C2CCC3CC(c4ccccc4F)CCC3C2)CC1. The highest BCUT2D eigenvalue weighted by Gasteiger charge is 2.39. The van der Waals surface area contributed by atoms with Crippen LogP contribution in [0.15, 0.2) is 24.3 Å². The van der Waals surface area contributed by atoms with Gasteiger partial charge >= 0.3 is 0 Å². The largest absolute Gasteiger partial charge is 0.207 e. The summed E-state index contributed by atoms with van der Waals surface area (Å²) in [6, 6.07) is 7.49. The molecular formula is C23H33F. The molecule has 0 nitrogen and oxygen atoms in total. The lowest BCUT2D eigenvalue weighted by atomic mass is 9.60. The summed E-state index contributed by atoms with van der Waals surface area (Å²) in [6.07, 6.45) is 14.0. The maximum atomic E-state index is 14.1. The number of benzene rings is 1. The van der Waals surface area contributed by atoms with Gasteiger partial charge in [-0.05, 0) is 98.5 Å². The molecule has 0 N–H and O–H groups in total. The molecule has 4 rings (SSSR count). The van der Waals surface area contributed by atoms with Gasteiger partial charge in [-0.15, -0.1) is 0 Å². The fraction of sp³-hybridized carbons (Fsp3) is 0.739. The van der Waals surface area contributed by atoms with Crippen LogP contribution in [-0.4, -0.2) is 0 Å². The lowest BCUT2D eigenvalue weighted by Gasteiger charge is -2.45. The van der Waals surface area contributed by atoms with E-state index < -0.39 is 0 Å². The summed E-state index contributed by atoms with van der Waals surface area (Å²) in [6.45, 7) is 2.43.